The molecule has 0 radical (unpaired) electrons. The van der Waals surface area contributed by atoms with Gasteiger partial charge in [0.15, 0.2) is 5.65 Å². The Balaban J connectivity index is 0.000000499. The zero-order chi connectivity index (χ0) is 33.0. The number of carboxylic acid groups (broad SMARTS) is 1. The summed E-state index contributed by atoms with van der Waals surface area (Å²) in [6.45, 7) is 2.58. The molecule has 47 heavy (non-hydrogen) atoms. The molecule has 3 aromatic heterocycles. The topological polar surface area (TPSA) is 138 Å². The summed E-state index contributed by atoms with van der Waals surface area (Å²) in [5.74, 6) is -1.51. The fourth-order valence-electron chi connectivity index (χ4n) is 5.46. The highest BCUT2D eigenvalue weighted by molar-refractivity contribution is 6.13. The van der Waals surface area contributed by atoms with Gasteiger partial charge in [-0.1, -0.05) is 60.7 Å². The van der Waals surface area contributed by atoms with Gasteiger partial charge in [-0.3, -0.25) is 4.79 Å². The number of benzene rings is 3. The van der Waals surface area contributed by atoms with Crippen LogP contribution in [-0.4, -0.2) is 61.0 Å². The Morgan fingerprint density at radius 1 is 0.936 bits per heavy atom. The number of hydrogen-bond donors (Lipinski definition) is 4. The molecule has 0 saturated carbocycles. The molecular formula is C34H30F3N7O3. The lowest BCUT2D eigenvalue weighted by Gasteiger charge is -2.20. The van der Waals surface area contributed by atoms with Crippen LogP contribution in [0.3, 0.4) is 0 Å². The Bertz CT molecular complexity index is 2020. The third-order valence-corrected chi connectivity index (χ3v) is 7.82. The fourth-order valence-corrected chi connectivity index (χ4v) is 5.46. The Morgan fingerprint density at radius 3 is 2.30 bits per heavy atom. The molecule has 0 atom stereocenters. The average molecular weight is 642 g/mol. The van der Waals surface area contributed by atoms with Crippen molar-refractivity contribution in [2.45, 2.75) is 31.5 Å². The maximum atomic E-state index is 13.8. The summed E-state index contributed by atoms with van der Waals surface area (Å²) in [7, 11) is 0. The van der Waals surface area contributed by atoms with Crippen LogP contribution in [-0.2, 0) is 11.3 Å². The van der Waals surface area contributed by atoms with E-state index in [0.29, 0.717) is 34.7 Å². The molecule has 240 valence electrons. The number of aromatic nitrogens is 5. The van der Waals surface area contributed by atoms with E-state index in [1.54, 1.807) is 6.20 Å². The number of carboxylic acids is 1. The number of pyridine rings is 1. The minimum Gasteiger partial charge on any atom is -0.475 e. The molecule has 0 unspecified atom stereocenters. The van der Waals surface area contributed by atoms with Crippen molar-refractivity contribution >= 4 is 39.6 Å². The first-order chi connectivity index (χ1) is 22.7. The summed E-state index contributed by atoms with van der Waals surface area (Å²) in [6.07, 6.45) is -1.20. The lowest BCUT2D eigenvalue weighted by molar-refractivity contribution is -0.192. The summed E-state index contributed by atoms with van der Waals surface area (Å²) in [6, 6.07) is 27.7. The van der Waals surface area contributed by atoms with Crippen LogP contribution in [0.25, 0.3) is 33.3 Å². The van der Waals surface area contributed by atoms with Gasteiger partial charge in [-0.05, 0) is 55.8 Å². The van der Waals surface area contributed by atoms with E-state index in [1.165, 1.54) is 0 Å². The first-order valence-corrected chi connectivity index (χ1v) is 14.9. The highest BCUT2D eigenvalue weighted by atomic mass is 19.4. The van der Waals surface area contributed by atoms with Gasteiger partial charge in [0.2, 0.25) is 0 Å². The molecule has 1 amide bonds. The van der Waals surface area contributed by atoms with Gasteiger partial charge in [0, 0.05) is 17.2 Å². The number of fused-ring (bicyclic) bond motifs is 2. The number of nitrogens with zero attached hydrogens (tertiary/aromatic N) is 4. The van der Waals surface area contributed by atoms with Crippen LogP contribution in [0, 0.1) is 0 Å². The number of anilines is 1. The second kappa shape index (κ2) is 13.4. The Labute approximate surface area is 266 Å². The molecule has 4 heterocycles. The molecule has 1 aliphatic rings. The van der Waals surface area contributed by atoms with E-state index in [9.17, 15) is 18.0 Å². The largest absolute Gasteiger partial charge is 0.490 e. The van der Waals surface area contributed by atoms with Gasteiger partial charge < -0.3 is 20.7 Å². The maximum absolute atomic E-state index is 13.8. The Kier molecular flexibility index (Phi) is 8.98. The second-order valence-corrected chi connectivity index (χ2v) is 11.1. The van der Waals surface area contributed by atoms with Gasteiger partial charge in [-0.15, -0.1) is 0 Å². The fraction of sp³-hybridized carbons (Fsp3) is 0.206. The maximum Gasteiger partial charge on any atom is 0.490 e. The molecule has 10 nitrogen and oxygen atoms in total. The molecule has 1 saturated heterocycles. The Morgan fingerprint density at radius 2 is 1.62 bits per heavy atom. The summed E-state index contributed by atoms with van der Waals surface area (Å²) >= 11 is 0. The lowest BCUT2D eigenvalue weighted by atomic mass is 9.98. The van der Waals surface area contributed by atoms with E-state index < -0.39 is 12.1 Å². The minimum atomic E-state index is -5.08. The van der Waals surface area contributed by atoms with Crippen molar-refractivity contribution in [1.29, 1.82) is 0 Å². The predicted octanol–water partition coefficient (Wildman–Crippen LogP) is 6.38. The first kappa shape index (κ1) is 31.4. The van der Waals surface area contributed by atoms with E-state index in [2.05, 4.69) is 32.8 Å². The first-order valence-electron chi connectivity index (χ1n) is 14.9. The van der Waals surface area contributed by atoms with E-state index in [1.807, 2.05) is 77.5 Å². The number of amides is 1. The zero-order valence-corrected chi connectivity index (χ0v) is 25.0. The molecule has 0 spiro atoms. The van der Waals surface area contributed by atoms with Crippen molar-refractivity contribution in [3.05, 3.63) is 108 Å². The number of carbonyl (C=O) groups is 2. The van der Waals surface area contributed by atoms with Crippen LogP contribution in [0.15, 0.2) is 91.1 Å². The van der Waals surface area contributed by atoms with E-state index in [-0.39, 0.29) is 5.91 Å². The quantitative estimate of drug-likeness (QED) is 0.166. The van der Waals surface area contributed by atoms with E-state index >= 15 is 0 Å². The number of H-pyrrole nitrogens is 1. The van der Waals surface area contributed by atoms with Gasteiger partial charge in [0.1, 0.15) is 5.82 Å². The van der Waals surface area contributed by atoms with Crippen LogP contribution < -0.4 is 10.6 Å². The van der Waals surface area contributed by atoms with Crippen molar-refractivity contribution in [2.24, 2.45) is 0 Å². The molecule has 3 aromatic carbocycles. The molecule has 0 bridgehead atoms. The number of aliphatic carboxylic acids is 1. The number of halogens is 3. The number of hydrogen-bond acceptors (Lipinski definition) is 6. The Hall–Kier alpha value is -5.56. The summed E-state index contributed by atoms with van der Waals surface area (Å²) in [5, 5.41) is 19.0. The van der Waals surface area contributed by atoms with Crippen molar-refractivity contribution in [1.82, 2.24) is 30.0 Å². The second-order valence-electron chi connectivity index (χ2n) is 11.1. The average Bonchev–Trinajstić information content (AvgIpc) is 3.69. The van der Waals surface area contributed by atoms with Crippen molar-refractivity contribution in [3.8, 4) is 11.3 Å². The third kappa shape index (κ3) is 7.31. The van der Waals surface area contributed by atoms with Crippen LogP contribution in [0.5, 0.6) is 0 Å². The van der Waals surface area contributed by atoms with Crippen LogP contribution >= 0.6 is 0 Å². The number of rotatable bonds is 6. The summed E-state index contributed by atoms with van der Waals surface area (Å²) < 4.78 is 33.6. The number of aromatic amines is 1. The summed E-state index contributed by atoms with van der Waals surface area (Å²) in [5.41, 5.74) is 6.52. The number of imidazole rings is 1. The smallest absolute Gasteiger partial charge is 0.475 e. The van der Waals surface area contributed by atoms with E-state index in [4.69, 9.17) is 19.9 Å². The molecular weight excluding hydrogens is 611 g/mol. The molecule has 6 aromatic rings. The predicted molar refractivity (Wildman–Crippen MR) is 171 cm³/mol. The third-order valence-electron chi connectivity index (χ3n) is 7.82. The van der Waals surface area contributed by atoms with Gasteiger partial charge in [0.25, 0.3) is 5.91 Å². The molecule has 0 aliphatic carbocycles. The van der Waals surface area contributed by atoms with Crippen LogP contribution in [0.1, 0.15) is 40.5 Å². The minimum absolute atomic E-state index is 0.207. The zero-order valence-electron chi connectivity index (χ0n) is 25.0. The molecule has 4 N–H and O–H groups in total. The van der Waals surface area contributed by atoms with Crippen LogP contribution in [0.4, 0.5) is 18.9 Å². The normalized spacial score (nSPS) is 13.7. The number of alkyl halides is 3. The molecule has 1 aliphatic heterocycles. The van der Waals surface area contributed by atoms with Crippen LogP contribution in [0.2, 0.25) is 0 Å². The molecule has 13 heteroatoms. The number of carbonyl (C=O) groups excluding carboxylic acids is 1. The van der Waals surface area contributed by atoms with Crippen molar-refractivity contribution in [2.75, 3.05) is 18.4 Å². The highest BCUT2D eigenvalue weighted by Crippen LogP contribution is 2.28. The SMILES string of the molecule is O=C(Nc1ccc2nc(C3CCNCC3)[nH]c2c1)c1cc(-c2ccccc2)nc2c1cnn2Cc1ccccc1.O=C(O)C(F)(F)F. The van der Waals surface area contributed by atoms with Crippen molar-refractivity contribution in [3.63, 3.8) is 0 Å². The molecule has 7 rings (SSSR count). The number of nitrogens with one attached hydrogen (secondary N) is 3. The van der Waals surface area contributed by atoms with E-state index in [0.717, 1.165) is 59.6 Å². The van der Waals surface area contributed by atoms with Gasteiger partial charge in [-0.2, -0.15) is 18.3 Å². The summed E-state index contributed by atoms with van der Waals surface area (Å²) in [4.78, 5) is 35.9. The van der Waals surface area contributed by atoms with Gasteiger partial charge in [0.05, 0.1) is 40.4 Å². The highest BCUT2D eigenvalue weighted by Gasteiger charge is 2.38. The molecule has 1 fully saturated rings. The van der Waals surface area contributed by atoms with Gasteiger partial charge in [-0.25, -0.2) is 19.4 Å². The standard InChI is InChI=1S/C32H29N7O.C2HF3O2/c40-32(35-24-11-12-27-29(17-24)37-30(36-27)23-13-15-33-16-14-23)25-18-28(22-9-5-2-6-10-22)38-31-26(25)19-34-39(31)20-21-7-3-1-4-8-21;3-2(4,5)1(6)7/h1-12,17-19,23,33H,13-16,20H2,(H,35,40)(H,36,37);(H,6,7). The monoisotopic (exact) mass is 641 g/mol. The lowest BCUT2D eigenvalue weighted by Crippen LogP contribution is -2.27. The number of piperidine rings is 1. The van der Waals surface area contributed by atoms with Gasteiger partial charge >= 0.3 is 12.1 Å². The van der Waals surface area contributed by atoms with Crippen molar-refractivity contribution < 1.29 is 27.9 Å².